The van der Waals surface area contributed by atoms with E-state index < -0.39 is 6.09 Å². The average molecular weight is 463 g/mol. The Bertz CT molecular complexity index is 1540. The lowest BCUT2D eigenvalue weighted by molar-refractivity contribution is 0.155. The molecule has 8 nitrogen and oxygen atoms in total. The Balaban J connectivity index is 1.46. The second-order valence-electron chi connectivity index (χ2n) is 7.82. The molecule has 0 spiro atoms. The van der Waals surface area contributed by atoms with Crippen LogP contribution >= 0.6 is 0 Å². The van der Waals surface area contributed by atoms with E-state index in [2.05, 4.69) is 20.3 Å². The molecule has 0 aliphatic heterocycles. The third-order valence-corrected chi connectivity index (χ3v) is 5.34. The van der Waals surface area contributed by atoms with Crippen molar-refractivity contribution in [3.8, 4) is 5.69 Å². The minimum atomic E-state index is -0.590. The summed E-state index contributed by atoms with van der Waals surface area (Å²) in [4.78, 5) is 38.9. The molecule has 0 radical (unpaired) electrons. The second kappa shape index (κ2) is 9.96. The normalized spacial score (nSPS) is 10.7. The topological polar surface area (TPSA) is 99.0 Å². The lowest BCUT2D eigenvalue weighted by atomic mass is 10.1. The molecule has 3 heterocycles. The highest BCUT2D eigenvalue weighted by atomic mass is 16.5. The summed E-state index contributed by atoms with van der Waals surface area (Å²) in [6.07, 6.45) is 4.76. The molecule has 0 fully saturated rings. The Morgan fingerprint density at radius 1 is 0.914 bits per heavy atom. The average Bonchev–Trinajstić information content (AvgIpc) is 2.89. The number of carbonyl (C=O) groups is 1. The van der Waals surface area contributed by atoms with Crippen molar-refractivity contribution in [1.29, 1.82) is 0 Å². The number of hydrogen-bond donors (Lipinski definition) is 1. The monoisotopic (exact) mass is 463 g/mol. The first-order valence-corrected chi connectivity index (χ1v) is 11.0. The van der Waals surface area contributed by atoms with Gasteiger partial charge < -0.3 is 4.74 Å². The maximum absolute atomic E-state index is 13.5. The summed E-state index contributed by atoms with van der Waals surface area (Å²) < 4.78 is 6.82. The molecule has 35 heavy (non-hydrogen) atoms. The van der Waals surface area contributed by atoms with Crippen LogP contribution in [0.5, 0.6) is 0 Å². The number of fused-ring (bicyclic) bond motifs is 1. The zero-order valence-electron chi connectivity index (χ0n) is 18.7. The summed E-state index contributed by atoms with van der Waals surface area (Å²) in [6, 6.07) is 23.7. The molecule has 1 N–H and O–H groups in total. The van der Waals surface area contributed by atoms with Crippen LogP contribution in [0.4, 0.5) is 10.5 Å². The first-order chi connectivity index (χ1) is 17.2. The standard InChI is InChI=1S/C27H21N5O3/c33-26-24(15-20-9-5-13-28-17-20)31-23-12-6-14-29-25(23)32(26)22-11-4-10-21(16-22)30-27(34)35-18-19-7-2-1-3-8-19/h1-14,16-17H,15,18H2,(H,30,34). The lowest BCUT2D eigenvalue weighted by Crippen LogP contribution is -2.25. The molecule has 5 aromatic rings. The fourth-order valence-electron chi connectivity index (χ4n) is 3.72. The predicted molar refractivity (Wildman–Crippen MR) is 132 cm³/mol. The van der Waals surface area contributed by atoms with Gasteiger partial charge in [0, 0.05) is 30.7 Å². The fourth-order valence-corrected chi connectivity index (χ4v) is 3.72. The second-order valence-corrected chi connectivity index (χ2v) is 7.82. The van der Waals surface area contributed by atoms with Crippen LogP contribution < -0.4 is 10.9 Å². The molecule has 5 rings (SSSR count). The van der Waals surface area contributed by atoms with Gasteiger partial charge in [0.15, 0.2) is 5.65 Å². The maximum Gasteiger partial charge on any atom is 0.411 e. The van der Waals surface area contributed by atoms with Gasteiger partial charge >= 0.3 is 6.09 Å². The van der Waals surface area contributed by atoms with Crippen molar-refractivity contribution < 1.29 is 9.53 Å². The van der Waals surface area contributed by atoms with Gasteiger partial charge in [0.1, 0.15) is 17.8 Å². The molecular formula is C27H21N5O3. The van der Waals surface area contributed by atoms with Crippen molar-refractivity contribution in [2.24, 2.45) is 0 Å². The highest BCUT2D eigenvalue weighted by Gasteiger charge is 2.15. The summed E-state index contributed by atoms with van der Waals surface area (Å²) in [5.74, 6) is 0. The fraction of sp³-hybridized carbons (Fsp3) is 0.0741. The minimum Gasteiger partial charge on any atom is -0.444 e. The van der Waals surface area contributed by atoms with Gasteiger partial charge in [0.25, 0.3) is 5.56 Å². The molecule has 1 amide bonds. The quantitative estimate of drug-likeness (QED) is 0.398. The van der Waals surface area contributed by atoms with E-state index in [-0.39, 0.29) is 12.2 Å². The van der Waals surface area contributed by atoms with Gasteiger partial charge in [0.05, 0.1) is 5.69 Å². The Kier molecular flexibility index (Phi) is 6.25. The SMILES string of the molecule is O=C(Nc1cccc(-n2c(=O)c(Cc3cccnc3)nc3cccnc32)c1)OCc1ccccc1. The van der Waals surface area contributed by atoms with Crippen LogP contribution in [0.1, 0.15) is 16.8 Å². The van der Waals surface area contributed by atoms with Crippen molar-refractivity contribution in [2.45, 2.75) is 13.0 Å². The lowest BCUT2D eigenvalue weighted by Gasteiger charge is -2.13. The summed E-state index contributed by atoms with van der Waals surface area (Å²) >= 11 is 0. The van der Waals surface area contributed by atoms with Gasteiger partial charge in [0.2, 0.25) is 0 Å². The number of benzene rings is 2. The van der Waals surface area contributed by atoms with Gasteiger partial charge in [-0.05, 0) is 47.5 Å². The molecular weight excluding hydrogens is 442 g/mol. The van der Waals surface area contributed by atoms with Gasteiger partial charge in [-0.25, -0.2) is 14.8 Å². The van der Waals surface area contributed by atoms with Crippen molar-refractivity contribution in [3.63, 3.8) is 0 Å². The number of aromatic nitrogens is 4. The zero-order chi connectivity index (χ0) is 24.0. The molecule has 0 unspecified atom stereocenters. The maximum atomic E-state index is 13.5. The van der Waals surface area contributed by atoms with Crippen LogP contribution in [0.25, 0.3) is 16.9 Å². The van der Waals surface area contributed by atoms with Crippen LogP contribution in [0.15, 0.2) is 102 Å². The summed E-state index contributed by atoms with van der Waals surface area (Å²) in [5, 5.41) is 2.72. The first-order valence-electron chi connectivity index (χ1n) is 11.0. The molecule has 0 aliphatic rings. The molecule has 0 saturated heterocycles. The van der Waals surface area contributed by atoms with E-state index in [0.717, 1.165) is 11.1 Å². The Hall–Kier alpha value is -4.85. The van der Waals surface area contributed by atoms with E-state index in [0.29, 0.717) is 34.7 Å². The third kappa shape index (κ3) is 5.06. The van der Waals surface area contributed by atoms with Crippen molar-refractivity contribution in [3.05, 3.63) is 125 Å². The van der Waals surface area contributed by atoms with Crippen LogP contribution in [0.3, 0.4) is 0 Å². The van der Waals surface area contributed by atoms with Gasteiger partial charge in [-0.3, -0.25) is 19.7 Å². The Morgan fingerprint density at radius 3 is 2.57 bits per heavy atom. The number of rotatable bonds is 6. The third-order valence-electron chi connectivity index (χ3n) is 5.34. The largest absolute Gasteiger partial charge is 0.444 e. The van der Waals surface area contributed by atoms with Crippen molar-refractivity contribution in [2.75, 3.05) is 5.32 Å². The van der Waals surface area contributed by atoms with Crippen LogP contribution in [-0.2, 0) is 17.8 Å². The van der Waals surface area contributed by atoms with Crippen LogP contribution in [-0.4, -0.2) is 25.6 Å². The number of hydrogen-bond acceptors (Lipinski definition) is 6. The van der Waals surface area contributed by atoms with E-state index in [1.165, 1.54) is 4.57 Å². The summed E-state index contributed by atoms with van der Waals surface area (Å²) in [6.45, 7) is 0.155. The summed E-state index contributed by atoms with van der Waals surface area (Å²) in [7, 11) is 0. The molecule has 0 saturated carbocycles. The number of anilines is 1. The molecule has 2 aromatic carbocycles. The van der Waals surface area contributed by atoms with E-state index in [1.807, 2.05) is 48.5 Å². The van der Waals surface area contributed by atoms with E-state index in [9.17, 15) is 9.59 Å². The van der Waals surface area contributed by atoms with Gasteiger partial charge in [-0.2, -0.15) is 0 Å². The first kappa shape index (κ1) is 22.0. The summed E-state index contributed by atoms with van der Waals surface area (Å²) in [5.41, 5.74) is 3.91. The van der Waals surface area contributed by atoms with Gasteiger partial charge in [-0.15, -0.1) is 0 Å². The van der Waals surface area contributed by atoms with E-state index in [4.69, 9.17) is 4.74 Å². The van der Waals surface area contributed by atoms with Crippen molar-refractivity contribution in [1.82, 2.24) is 19.5 Å². The number of pyridine rings is 2. The van der Waals surface area contributed by atoms with Crippen LogP contribution in [0, 0.1) is 0 Å². The number of ether oxygens (including phenoxy) is 1. The smallest absolute Gasteiger partial charge is 0.411 e. The molecule has 0 atom stereocenters. The highest BCUT2D eigenvalue weighted by molar-refractivity contribution is 5.85. The predicted octanol–water partition coefficient (Wildman–Crippen LogP) is 4.52. The molecule has 0 aliphatic carbocycles. The molecule has 0 bridgehead atoms. The van der Waals surface area contributed by atoms with E-state index >= 15 is 0 Å². The number of nitrogens with zero attached hydrogens (tertiary/aromatic N) is 4. The Morgan fingerprint density at radius 2 is 1.74 bits per heavy atom. The Labute approximate surface area is 200 Å². The highest BCUT2D eigenvalue weighted by Crippen LogP contribution is 2.18. The number of amides is 1. The molecule has 3 aromatic heterocycles. The number of nitrogens with one attached hydrogen (secondary N) is 1. The van der Waals surface area contributed by atoms with E-state index in [1.54, 1.807) is 48.9 Å². The van der Waals surface area contributed by atoms with Crippen molar-refractivity contribution >= 4 is 22.9 Å². The minimum absolute atomic E-state index is 0.155. The number of carbonyl (C=O) groups excluding carboxylic acids is 1. The zero-order valence-corrected chi connectivity index (χ0v) is 18.7. The molecule has 8 heteroatoms. The van der Waals surface area contributed by atoms with Crippen LogP contribution in [0.2, 0.25) is 0 Å². The van der Waals surface area contributed by atoms with Gasteiger partial charge in [-0.1, -0.05) is 42.5 Å². The molecule has 172 valence electrons.